The molecule has 9 rings (SSSR count). The number of benzene rings is 9. The lowest BCUT2D eigenvalue weighted by Crippen LogP contribution is -2.04. The van der Waals surface area contributed by atoms with Gasteiger partial charge in [0.15, 0.2) is 11.5 Å². The third-order valence-electron chi connectivity index (χ3n) is 10.1. The first-order chi connectivity index (χ1) is 26.6. The Morgan fingerprint density at radius 2 is 1.17 bits per heavy atom. The van der Waals surface area contributed by atoms with Crippen molar-refractivity contribution in [2.45, 2.75) is 0 Å². The van der Waals surface area contributed by atoms with Gasteiger partial charge >= 0.3 is 0 Å². The number of nitrogens with zero attached hydrogens (tertiary/aromatic N) is 2. The zero-order valence-corrected chi connectivity index (χ0v) is 29.4. The molecule has 0 heterocycles. The topological polar surface area (TPSA) is 40.6 Å². The van der Waals surface area contributed by atoms with Gasteiger partial charge in [0.05, 0.1) is 12.3 Å². The zero-order valence-electron chi connectivity index (χ0n) is 29.4. The fourth-order valence-electron chi connectivity index (χ4n) is 7.40. The van der Waals surface area contributed by atoms with E-state index in [0.717, 1.165) is 33.2 Å². The zero-order chi connectivity index (χ0) is 36.4. The molecule has 0 bridgehead atoms. The smallest absolute Gasteiger partial charge is 0.187 e. The molecule has 0 amide bonds. The number of amidine groups is 1. The summed E-state index contributed by atoms with van der Waals surface area (Å²) in [6.45, 7) is 7.31. The molecule has 0 aliphatic carbocycles. The summed E-state index contributed by atoms with van der Waals surface area (Å²) in [5.41, 5.74) is 8.48. The van der Waals surface area contributed by atoms with Gasteiger partial charge in [0.25, 0.3) is 0 Å². The predicted octanol–water partition coefficient (Wildman–Crippen LogP) is 13.7. The highest BCUT2D eigenvalue weighted by Crippen LogP contribution is 2.40. The Kier molecular flexibility index (Phi) is 8.40. The van der Waals surface area contributed by atoms with Crippen LogP contribution in [0.4, 0.5) is 5.69 Å². The van der Waals surface area contributed by atoms with Crippen molar-refractivity contribution in [2.24, 2.45) is 4.99 Å². The lowest BCUT2D eigenvalue weighted by atomic mass is 9.89. The number of aliphatic imine (C=N–C) groups is 1. The molecular formula is C51H33N3. The maximum absolute atomic E-state index is 8.84. The number of hydrogen-bond acceptors (Lipinski definition) is 1. The van der Waals surface area contributed by atoms with E-state index in [1.807, 2.05) is 72.8 Å². The lowest BCUT2D eigenvalue weighted by Gasteiger charge is -2.15. The molecule has 3 heteroatoms. The second kappa shape index (κ2) is 14.0. The van der Waals surface area contributed by atoms with E-state index in [4.69, 9.17) is 17.0 Å². The maximum Gasteiger partial charge on any atom is 0.187 e. The Morgan fingerprint density at radius 1 is 0.481 bits per heavy atom. The van der Waals surface area contributed by atoms with Crippen molar-refractivity contribution < 1.29 is 0 Å². The summed E-state index contributed by atoms with van der Waals surface area (Å²) in [4.78, 5) is 8.38. The van der Waals surface area contributed by atoms with Crippen LogP contribution in [0.25, 0.3) is 76.3 Å². The minimum Gasteiger partial charge on any atom is -0.282 e. The molecule has 1 N–H and O–H groups in total. The molecule has 0 fully saturated rings. The molecule has 0 saturated carbocycles. The Labute approximate surface area is 314 Å². The van der Waals surface area contributed by atoms with Gasteiger partial charge in [-0.3, -0.25) is 5.41 Å². The molecule has 9 aromatic rings. The minimum atomic E-state index is 0.196. The Balaban J connectivity index is 1.10. The molecule has 0 radical (unpaired) electrons. The van der Waals surface area contributed by atoms with Crippen LogP contribution in [-0.4, -0.2) is 11.5 Å². The highest BCUT2D eigenvalue weighted by Gasteiger charge is 2.13. The van der Waals surface area contributed by atoms with Crippen LogP contribution in [0.3, 0.4) is 0 Å². The molecule has 54 heavy (non-hydrogen) atoms. The minimum absolute atomic E-state index is 0.196. The van der Waals surface area contributed by atoms with E-state index in [0.29, 0.717) is 11.4 Å². The van der Waals surface area contributed by atoms with Crippen LogP contribution in [0.5, 0.6) is 0 Å². The van der Waals surface area contributed by atoms with Gasteiger partial charge in [-0.1, -0.05) is 164 Å². The Bertz CT molecular complexity index is 3000. The van der Waals surface area contributed by atoms with Crippen molar-refractivity contribution >= 4 is 66.4 Å². The molecule has 252 valence electrons. The van der Waals surface area contributed by atoms with E-state index in [9.17, 15) is 0 Å². The average Bonchev–Trinajstić information content (AvgIpc) is 3.24. The molecule has 0 unspecified atom stereocenters. The van der Waals surface area contributed by atoms with E-state index in [1.165, 1.54) is 48.8 Å². The number of allylic oxidation sites excluding steroid dienone is 1. The summed E-state index contributed by atoms with van der Waals surface area (Å²) in [5.74, 6) is 0.196. The molecule has 0 aliphatic rings. The van der Waals surface area contributed by atoms with Crippen LogP contribution < -0.4 is 0 Å². The Hall–Kier alpha value is -7.41. The normalized spacial score (nSPS) is 11.8. The molecule has 9 aromatic carbocycles. The van der Waals surface area contributed by atoms with Crippen LogP contribution >= 0.6 is 0 Å². The summed E-state index contributed by atoms with van der Waals surface area (Å²) < 4.78 is 0. The van der Waals surface area contributed by atoms with Crippen molar-refractivity contribution in [3.8, 4) is 22.3 Å². The van der Waals surface area contributed by atoms with Crippen molar-refractivity contribution in [3.63, 3.8) is 0 Å². The molecule has 0 saturated heterocycles. The standard InChI is InChI=1S/C51H33N3/c1-53-44-26-23-35(24-27-44)38-14-9-15-42(31-38)49(54-51(52)37-11-3-2-4-12-37)29-19-34-18-20-40-32-43(22-21-39(40)30-34)50-46-17-8-6-13-41(46)33-48-45-16-7-5-10-36(45)25-28-47(48)50/h2-33,52H/b29-19+,52-51?,54-49?. The van der Waals surface area contributed by atoms with Gasteiger partial charge in [-0.15, -0.1) is 0 Å². The molecule has 0 aromatic heterocycles. The molecule has 0 atom stereocenters. The van der Waals surface area contributed by atoms with Crippen LogP contribution in [0.15, 0.2) is 193 Å². The first kappa shape index (κ1) is 32.5. The highest BCUT2D eigenvalue weighted by atomic mass is 14.8. The summed E-state index contributed by atoms with van der Waals surface area (Å²) in [5, 5.41) is 18.7. The summed E-state index contributed by atoms with van der Waals surface area (Å²) in [7, 11) is 0. The van der Waals surface area contributed by atoms with E-state index in [1.54, 1.807) is 0 Å². The monoisotopic (exact) mass is 687 g/mol. The number of rotatable bonds is 6. The van der Waals surface area contributed by atoms with Crippen molar-refractivity contribution in [1.29, 1.82) is 5.41 Å². The van der Waals surface area contributed by atoms with Crippen molar-refractivity contribution in [3.05, 3.63) is 216 Å². The third-order valence-corrected chi connectivity index (χ3v) is 10.1. The summed E-state index contributed by atoms with van der Waals surface area (Å²) in [6.07, 6.45) is 4.08. The average molecular weight is 688 g/mol. The van der Waals surface area contributed by atoms with Crippen molar-refractivity contribution in [2.75, 3.05) is 0 Å². The van der Waals surface area contributed by atoms with Crippen molar-refractivity contribution in [1.82, 2.24) is 0 Å². The number of nitrogens with one attached hydrogen (secondary N) is 1. The first-order valence-electron chi connectivity index (χ1n) is 18.0. The third kappa shape index (κ3) is 6.23. The highest BCUT2D eigenvalue weighted by molar-refractivity contribution is 6.21. The van der Waals surface area contributed by atoms with Crippen LogP contribution in [0, 0.1) is 12.0 Å². The quantitative estimate of drug-likeness (QED) is 0.0594. The van der Waals surface area contributed by atoms with Gasteiger partial charge in [0.2, 0.25) is 0 Å². The second-order valence-electron chi connectivity index (χ2n) is 13.5. The largest absolute Gasteiger partial charge is 0.282 e. The Morgan fingerprint density at radius 3 is 2.00 bits per heavy atom. The van der Waals surface area contributed by atoms with Gasteiger partial charge in [-0.2, -0.15) is 0 Å². The summed E-state index contributed by atoms with van der Waals surface area (Å²) >= 11 is 0. The SMILES string of the molecule is [C-]#[N+]c1ccc(-c2cccc(C(/C=C/c3ccc4cc(-c5c6ccccc6cc6c5ccc5ccccc56)ccc4c3)=NC(=N)c3ccccc3)c2)cc1. The van der Waals surface area contributed by atoms with E-state index in [2.05, 4.69) is 126 Å². The molecule has 0 spiro atoms. The van der Waals surface area contributed by atoms with E-state index >= 15 is 0 Å². The first-order valence-corrected chi connectivity index (χ1v) is 18.0. The molecule has 0 aliphatic heterocycles. The van der Waals surface area contributed by atoms with E-state index in [-0.39, 0.29) is 5.84 Å². The predicted molar refractivity (Wildman–Crippen MR) is 229 cm³/mol. The van der Waals surface area contributed by atoms with Gasteiger partial charge in [-0.05, 0) is 101 Å². The second-order valence-corrected chi connectivity index (χ2v) is 13.5. The maximum atomic E-state index is 8.84. The van der Waals surface area contributed by atoms with Crippen LogP contribution in [0.2, 0.25) is 0 Å². The summed E-state index contributed by atoms with van der Waals surface area (Å²) in [6, 6.07) is 62.9. The fraction of sp³-hybridized carbons (Fsp3) is 0. The molecular weight excluding hydrogens is 655 g/mol. The lowest BCUT2D eigenvalue weighted by molar-refractivity contribution is 1.41. The number of fused-ring (bicyclic) bond motifs is 5. The van der Waals surface area contributed by atoms with Gasteiger partial charge < -0.3 is 0 Å². The molecule has 3 nitrogen and oxygen atoms in total. The fourth-order valence-corrected chi connectivity index (χ4v) is 7.40. The van der Waals surface area contributed by atoms with Crippen LogP contribution in [-0.2, 0) is 0 Å². The van der Waals surface area contributed by atoms with Gasteiger partial charge in [0, 0.05) is 11.1 Å². The number of hydrogen-bond donors (Lipinski definition) is 1. The van der Waals surface area contributed by atoms with Gasteiger partial charge in [0.1, 0.15) is 0 Å². The van der Waals surface area contributed by atoms with Crippen LogP contribution in [0.1, 0.15) is 16.7 Å². The van der Waals surface area contributed by atoms with E-state index < -0.39 is 0 Å². The van der Waals surface area contributed by atoms with Gasteiger partial charge in [-0.25, -0.2) is 9.84 Å².